The molecular weight excluding hydrogens is 289 g/mol. The number of morpholine rings is 1. The Morgan fingerprint density at radius 1 is 1.32 bits per heavy atom. The summed E-state index contributed by atoms with van der Waals surface area (Å²) in [6.45, 7) is 2.00. The molecule has 1 aromatic heterocycles. The smallest absolute Gasteiger partial charge is 0.259 e. The number of nitrogens with one attached hydrogen (secondary N) is 1. The molecule has 0 saturated carbocycles. The average molecular weight is 300 g/mol. The molecule has 1 aliphatic heterocycles. The molecule has 0 amide bonds. The largest absolute Gasteiger partial charge is 0.378 e. The van der Waals surface area contributed by atoms with Gasteiger partial charge in [0.25, 0.3) is 5.89 Å². The molecule has 1 aliphatic rings. The van der Waals surface area contributed by atoms with E-state index < -0.39 is 0 Å². The van der Waals surface area contributed by atoms with E-state index in [1.807, 2.05) is 0 Å². The van der Waals surface area contributed by atoms with Gasteiger partial charge >= 0.3 is 0 Å². The Balaban J connectivity index is 1.90. The fourth-order valence-electron chi connectivity index (χ4n) is 1.89. The van der Waals surface area contributed by atoms with Crippen molar-refractivity contribution in [1.29, 1.82) is 0 Å². The van der Waals surface area contributed by atoms with Crippen molar-refractivity contribution in [2.24, 2.45) is 0 Å². The Labute approximate surface area is 119 Å². The maximum Gasteiger partial charge on any atom is 0.259 e. The van der Waals surface area contributed by atoms with Gasteiger partial charge in [-0.3, -0.25) is 0 Å². The Morgan fingerprint density at radius 2 is 2.21 bits per heavy atom. The molecular formula is C12H11Cl2N3O2. The van der Waals surface area contributed by atoms with Crippen LogP contribution in [-0.4, -0.2) is 29.9 Å². The number of hydrogen-bond donors (Lipinski definition) is 1. The average Bonchev–Trinajstić information content (AvgIpc) is 2.92. The highest BCUT2D eigenvalue weighted by Crippen LogP contribution is 2.32. The van der Waals surface area contributed by atoms with E-state index in [9.17, 15) is 0 Å². The number of nitrogens with zero attached hydrogens (tertiary/aromatic N) is 2. The van der Waals surface area contributed by atoms with Crippen molar-refractivity contribution in [3.05, 3.63) is 34.1 Å². The quantitative estimate of drug-likeness (QED) is 0.924. The molecule has 1 unspecified atom stereocenters. The standard InChI is InChI=1S/C12H11Cl2N3O2/c13-8-3-1-2-7(10(8)14)12-16-11(17-19-12)9-6-18-5-4-15-9/h1-3,9,15H,4-6H2. The SMILES string of the molecule is Clc1cccc(-c2nc(C3COCCN3)no2)c1Cl. The Morgan fingerprint density at radius 3 is 3.00 bits per heavy atom. The highest BCUT2D eigenvalue weighted by atomic mass is 35.5. The van der Waals surface area contributed by atoms with E-state index in [2.05, 4.69) is 15.5 Å². The lowest BCUT2D eigenvalue weighted by molar-refractivity contribution is 0.0734. The molecule has 5 nitrogen and oxygen atoms in total. The molecule has 2 aromatic rings. The first-order valence-corrected chi connectivity index (χ1v) is 6.60. The molecule has 19 heavy (non-hydrogen) atoms. The molecule has 1 saturated heterocycles. The zero-order valence-corrected chi connectivity index (χ0v) is 11.4. The van der Waals surface area contributed by atoms with Gasteiger partial charge in [0.2, 0.25) is 0 Å². The molecule has 0 spiro atoms. The minimum atomic E-state index is -0.0517. The third-order valence-electron chi connectivity index (χ3n) is 2.86. The lowest BCUT2D eigenvalue weighted by Gasteiger charge is -2.20. The molecule has 2 heterocycles. The zero-order chi connectivity index (χ0) is 13.2. The summed E-state index contributed by atoms with van der Waals surface area (Å²) >= 11 is 12.1. The van der Waals surface area contributed by atoms with Gasteiger partial charge in [0.05, 0.1) is 34.9 Å². The molecule has 1 N–H and O–H groups in total. The minimum Gasteiger partial charge on any atom is -0.378 e. The first-order valence-electron chi connectivity index (χ1n) is 5.85. The summed E-state index contributed by atoms with van der Waals surface area (Å²) in [6.07, 6.45) is 0. The van der Waals surface area contributed by atoms with Crippen molar-refractivity contribution in [1.82, 2.24) is 15.5 Å². The molecule has 3 rings (SSSR count). The van der Waals surface area contributed by atoms with Crippen molar-refractivity contribution in [2.45, 2.75) is 6.04 Å². The Hall–Kier alpha value is -1.14. The van der Waals surface area contributed by atoms with Crippen molar-refractivity contribution >= 4 is 23.2 Å². The lowest BCUT2D eigenvalue weighted by atomic mass is 10.2. The number of halogens is 2. The third-order valence-corrected chi connectivity index (χ3v) is 3.68. The minimum absolute atomic E-state index is 0.0517. The van der Waals surface area contributed by atoms with Crippen LogP contribution in [0.5, 0.6) is 0 Å². The van der Waals surface area contributed by atoms with Gasteiger partial charge in [-0.05, 0) is 12.1 Å². The molecule has 0 bridgehead atoms. The van der Waals surface area contributed by atoms with Crippen LogP contribution in [0.4, 0.5) is 0 Å². The molecule has 1 fully saturated rings. The highest BCUT2D eigenvalue weighted by Gasteiger charge is 2.22. The van der Waals surface area contributed by atoms with Gasteiger partial charge in [0.1, 0.15) is 0 Å². The van der Waals surface area contributed by atoms with Gasteiger partial charge in [-0.25, -0.2) is 0 Å². The molecule has 0 radical (unpaired) electrons. The van der Waals surface area contributed by atoms with Gasteiger partial charge in [-0.1, -0.05) is 34.4 Å². The number of rotatable bonds is 2. The van der Waals surface area contributed by atoms with E-state index in [0.717, 1.165) is 6.54 Å². The molecule has 1 atom stereocenters. The highest BCUT2D eigenvalue weighted by molar-refractivity contribution is 6.43. The van der Waals surface area contributed by atoms with Crippen molar-refractivity contribution in [3.8, 4) is 11.5 Å². The third kappa shape index (κ3) is 2.60. The first kappa shape index (κ1) is 12.9. The fraction of sp³-hybridized carbons (Fsp3) is 0.333. The zero-order valence-electron chi connectivity index (χ0n) is 9.90. The van der Waals surface area contributed by atoms with Crippen molar-refractivity contribution in [2.75, 3.05) is 19.8 Å². The van der Waals surface area contributed by atoms with Crippen LogP contribution in [0.1, 0.15) is 11.9 Å². The second-order valence-electron chi connectivity index (χ2n) is 4.14. The van der Waals surface area contributed by atoms with Crippen LogP contribution in [0.3, 0.4) is 0 Å². The summed E-state index contributed by atoms with van der Waals surface area (Å²) in [7, 11) is 0. The summed E-state index contributed by atoms with van der Waals surface area (Å²) in [5.74, 6) is 0.917. The predicted octanol–water partition coefficient (Wildman–Crippen LogP) is 2.70. The summed E-state index contributed by atoms with van der Waals surface area (Å²) in [5, 5.41) is 8.08. The second-order valence-corrected chi connectivity index (χ2v) is 4.93. The molecule has 100 valence electrons. The van der Waals surface area contributed by atoms with Crippen LogP contribution in [0.2, 0.25) is 10.0 Å². The van der Waals surface area contributed by atoms with Crippen LogP contribution in [-0.2, 0) is 4.74 Å². The van der Waals surface area contributed by atoms with Gasteiger partial charge in [0, 0.05) is 6.54 Å². The van der Waals surface area contributed by atoms with E-state index >= 15 is 0 Å². The number of aromatic nitrogens is 2. The first-order chi connectivity index (χ1) is 9.25. The van der Waals surface area contributed by atoms with Crippen LogP contribution >= 0.6 is 23.2 Å². The van der Waals surface area contributed by atoms with Crippen LogP contribution in [0, 0.1) is 0 Å². The van der Waals surface area contributed by atoms with Crippen LogP contribution < -0.4 is 5.32 Å². The molecule has 7 heteroatoms. The number of ether oxygens (including phenoxy) is 1. The summed E-state index contributed by atoms with van der Waals surface area (Å²) in [6, 6.07) is 5.23. The van der Waals surface area contributed by atoms with Crippen LogP contribution in [0.25, 0.3) is 11.5 Å². The van der Waals surface area contributed by atoms with Gasteiger partial charge in [0.15, 0.2) is 5.82 Å². The topological polar surface area (TPSA) is 60.2 Å². The summed E-state index contributed by atoms with van der Waals surface area (Å²) in [5.41, 5.74) is 0.629. The summed E-state index contributed by atoms with van der Waals surface area (Å²) in [4.78, 5) is 4.34. The number of benzene rings is 1. The van der Waals surface area contributed by atoms with E-state index in [-0.39, 0.29) is 6.04 Å². The number of hydrogen-bond acceptors (Lipinski definition) is 5. The van der Waals surface area contributed by atoms with E-state index in [1.165, 1.54) is 0 Å². The van der Waals surface area contributed by atoms with Crippen molar-refractivity contribution in [3.63, 3.8) is 0 Å². The predicted molar refractivity (Wildman–Crippen MR) is 71.3 cm³/mol. The van der Waals surface area contributed by atoms with Gasteiger partial charge in [-0.2, -0.15) is 4.98 Å². The normalized spacial score (nSPS) is 19.6. The van der Waals surface area contributed by atoms with E-state index in [4.69, 9.17) is 32.5 Å². The maximum atomic E-state index is 6.12. The van der Waals surface area contributed by atoms with E-state index in [0.29, 0.717) is 40.5 Å². The van der Waals surface area contributed by atoms with Crippen molar-refractivity contribution < 1.29 is 9.26 Å². The van der Waals surface area contributed by atoms with Gasteiger partial charge < -0.3 is 14.6 Å². The summed E-state index contributed by atoms with van der Waals surface area (Å²) < 4.78 is 10.6. The Bertz CT molecular complexity index is 582. The molecule has 0 aliphatic carbocycles. The van der Waals surface area contributed by atoms with Crippen LogP contribution in [0.15, 0.2) is 22.7 Å². The molecule has 1 aromatic carbocycles. The lowest BCUT2D eigenvalue weighted by Crippen LogP contribution is -2.35. The fourth-order valence-corrected chi connectivity index (χ4v) is 2.27. The van der Waals surface area contributed by atoms with E-state index in [1.54, 1.807) is 18.2 Å². The maximum absolute atomic E-state index is 6.12. The second kappa shape index (κ2) is 5.46. The van der Waals surface area contributed by atoms with Gasteiger partial charge in [-0.15, -0.1) is 0 Å². The Kier molecular flexibility index (Phi) is 3.70. The monoisotopic (exact) mass is 299 g/mol.